The van der Waals surface area contributed by atoms with Gasteiger partial charge in [-0.3, -0.25) is 0 Å². The Labute approximate surface area is 92.8 Å². The summed E-state index contributed by atoms with van der Waals surface area (Å²) in [6.07, 6.45) is 0. The molecule has 5 heteroatoms. The molecule has 0 unspecified atom stereocenters. The third-order valence-corrected chi connectivity index (χ3v) is 6.93. The highest BCUT2D eigenvalue weighted by molar-refractivity contribution is 6.75. The van der Waals surface area contributed by atoms with Crippen molar-refractivity contribution in [3.63, 3.8) is 0 Å². The van der Waals surface area contributed by atoms with Gasteiger partial charge < -0.3 is 9.26 Å². The summed E-state index contributed by atoms with van der Waals surface area (Å²) < 4.78 is 5.76. The van der Waals surface area contributed by atoms with Crippen molar-refractivity contribution in [1.29, 1.82) is 0 Å². The molecule has 0 aromatic carbocycles. The first-order valence-electron chi connectivity index (χ1n) is 4.97. The highest BCUT2D eigenvalue weighted by Gasteiger charge is 2.39. The Morgan fingerprint density at radius 3 is 2.00 bits per heavy atom. The molecule has 0 fully saturated rings. The van der Waals surface area contributed by atoms with E-state index in [1.165, 1.54) is 6.92 Å². The SMILES string of the molecule is CC(=O)O/N=C(\C)O[Si](C)(C)C(C)(C)C. The summed E-state index contributed by atoms with van der Waals surface area (Å²) in [5, 5.41) is 3.71. The second-order valence-electron chi connectivity index (χ2n) is 5.06. The standard InChI is InChI=1S/C10H21NO3Si/c1-8(11-13-9(2)12)14-15(6,7)10(3,4)5/h1-7H3/b11-8+. The Hall–Kier alpha value is -0.843. The minimum Gasteiger partial charge on any atom is -0.532 e. The van der Waals surface area contributed by atoms with Crippen molar-refractivity contribution in [2.45, 2.75) is 52.8 Å². The quantitative estimate of drug-likeness (QED) is 0.241. The predicted octanol–water partition coefficient (Wildman–Crippen LogP) is 2.90. The van der Waals surface area contributed by atoms with Gasteiger partial charge in [0.1, 0.15) is 0 Å². The molecule has 0 heterocycles. The van der Waals surface area contributed by atoms with Crippen LogP contribution in [0.5, 0.6) is 0 Å². The van der Waals surface area contributed by atoms with Crippen LogP contribution in [0.3, 0.4) is 0 Å². The number of oxime groups is 1. The predicted molar refractivity (Wildman–Crippen MR) is 63.2 cm³/mol. The van der Waals surface area contributed by atoms with Crippen molar-refractivity contribution in [2.75, 3.05) is 0 Å². The third-order valence-electron chi connectivity index (χ3n) is 2.51. The number of carbonyl (C=O) groups excluding carboxylic acids is 1. The summed E-state index contributed by atoms with van der Waals surface area (Å²) in [6.45, 7) is 13.6. The van der Waals surface area contributed by atoms with Gasteiger partial charge in [0.2, 0.25) is 5.90 Å². The highest BCUT2D eigenvalue weighted by Crippen LogP contribution is 2.36. The molecule has 88 valence electrons. The molecule has 0 aliphatic heterocycles. The lowest BCUT2D eigenvalue weighted by Gasteiger charge is -2.35. The van der Waals surface area contributed by atoms with Gasteiger partial charge in [0.15, 0.2) is 0 Å². The van der Waals surface area contributed by atoms with E-state index >= 15 is 0 Å². The van der Waals surface area contributed by atoms with Crippen molar-refractivity contribution >= 4 is 20.2 Å². The average Bonchev–Trinajstić information content (AvgIpc) is 1.97. The summed E-state index contributed by atoms with van der Waals surface area (Å²) >= 11 is 0. The van der Waals surface area contributed by atoms with Crippen LogP contribution in [0.15, 0.2) is 5.16 Å². The maximum Gasteiger partial charge on any atom is 0.332 e. The van der Waals surface area contributed by atoms with Crippen LogP contribution in [0.1, 0.15) is 34.6 Å². The summed E-state index contributed by atoms with van der Waals surface area (Å²) in [6, 6.07) is 0. The van der Waals surface area contributed by atoms with Gasteiger partial charge in [-0.05, 0) is 23.3 Å². The number of rotatable bonds is 2. The highest BCUT2D eigenvalue weighted by atomic mass is 28.4. The van der Waals surface area contributed by atoms with Crippen LogP contribution in [0.25, 0.3) is 0 Å². The first-order valence-corrected chi connectivity index (χ1v) is 7.88. The second kappa shape index (κ2) is 4.79. The first-order chi connectivity index (χ1) is 6.56. The minimum atomic E-state index is -1.86. The topological polar surface area (TPSA) is 47.9 Å². The van der Waals surface area contributed by atoms with Crippen LogP contribution in [-0.2, 0) is 14.1 Å². The lowest BCUT2D eigenvalue weighted by Crippen LogP contribution is -2.42. The van der Waals surface area contributed by atoms with Crippen LogP contribution in [-0.4, -0.2) is 20.2 Å². The Kier molecular flexibility index (Phi) is 4.52. The summed E-state index contributed by atoms with van der Waals surface area (Å²) in [4.78, 5) is 15.0. The molecular weight excluding hydrogens is 210 g/mol. The van der Waals surface area contributed by atoms with E-state index in [9.17, 15) is 4.79 Å². The van der Waals surface area contributed by atoms with Gasteiger partial charge in [-0.2, -0.15) is 0 Å². The lowest BCUT2D eigenvalue weighted by molar-refractivity contribution is -0.141. The van der Waals surface area contributed by atoms with Gasteiger partial charge in [-0.1, -0.05) is 20.8 Å². The Morgan fingerprint density at radius 2 is 1.67 bits per heavy atom. The molecule has 0 spiro atoms. The van der Waals surface area contributed by atoms with Crippen molar-refractivity contribution in [2.24, 2.45) is 5.16 Å². The monoisotopic (exact) mass is 231 g/mol. The van der Waals surface area contributed by atoms with E-state index in [1.54, 1.807) is 6.92 Å². The molecule has 4 nitrogen and oxygen atoms in total. The number of hydrogen-bond acceptors (Lipinski definition) is 4. The van der Waals surface area contributed by atoms with E-state index in [1.807, 2.05) is 0 Å². The van der Waals surface area contributed by atoms with Gasteiger partial charge in [0, 0.05) is 13.8 Å². The fraction of sp³-hybridized carbons (Fsp3) is 0.800. The van der Waals surface area contributed by atoms with E-state index in [0.717, 1.165) is 0 Å². The zero-order valence-electron chi connectivity index (χ0n) is 10.7. The van der Waals surface area contributed by atoms with Gasteiger partial charge >= 0.3 is 5.97 Å². The van der Waals surface area contributed by atoms with E-state index in [0.29, 0.717) is 5.90 Å². The number of carbonyl (C=O) groups is 1. The van der Waals surface area contributed by atoms with Crippen LogP contribution in [0.2, 0.25) is 18.1 Å². The molecule has 0 amide bonds. The first kappa shape index (κ1) is 14.2. The molecule has 0 atom stereocenters. The number of nitrogens with zero attached hydrogens (tertiary/aromatic N) is 1. The normalized spacial score (nSPS) is 13.7. The van der Waals surface area contributed by atoms with E-state index in [-0.39, 0.29) is 5.04 Å². The van der Waals surface area contributed by atoms with E-state index in [2.05, 4.69) is 43.9 Å². The maximum atomic E-state index is 10.5. The molecule has 0 aliphatic carbocycles. The molecule has 0 aromatic heterocycles. The Balaban J connectivity index is 4.47. The van der Waals surface area contributed by atoms with Gasteiger partial charge in [-0.15, -0.1) is 0 Å². The fourth-order valence-corrected chi connectivity index (χ4v) is 1.75. The average molecular weight is 231 g/mol. The van der Waals surface area contributed by atoms with Gasteiger partial charge in [-0.25, -0.2) is 4.79 Å². The number of hydrogen-bond donors (Lipinski definition) is 0. The molecule has 0 radical (unpaired) electrons. The molecule has 0 bridgehead atoms. The molecule has 0 saturated carbocycles. The smallest absolute Gasteiger partial charge is 0.332 e. The minimum absolute atomic E-state index is 0.111. The van der Waals surface area contributed by atoms with E-state index in [4.69, 9.17) is 4.43 Å². The van der Waals surface area contributed by atoms with Gasteiger partial charge in [0.25, 0.3) is 8.32 Å². The molecule has 0 rings (SSSR count). The second-order valence-corrected chi connectivity index (χ2v) is 9.78. The fourth-order valence-electron chi connectivity index (χ4n) is 0.670. The summed E-state index contributed by atoms with van der Waals surface area (Å²) in [5.41, 5.74) is 0. The van der Waals surface area contributed by atoms with E-state index < -0.39 is 14.3 Å². The molecular formula is C10H21NO3Si. The summed E-state index contributed by atoms with van der Waals surface area (Å²) in [7, 11) is -1.86. The largest absolute Gasteiger partial charge is 0.532 e. The molecule has 0 saturated heterocycles. The van der Waals surface area contributed by atoms with Gasteiger partial charge in [0.05, 0.1) is 0 Å². The van der Waals surface area contributed by atoms with Crippen molar-refractivity contribution in [3.05, 3.63) is 0 Å². The van der Waals surface area contributed by atoms with Crippen LogP contribution >= 0.6 is 0 Å². The lowest BCUT2D eigenvalue weighted by atomic mass is 10.2. The Bertz CT molecular complexity index is 266. The molecule has 0 aromatic rings. The van der Waals surface area contributed by atoms with Crippen molar-refractivity contribution < 1.29 is 14.1 Å². The zero-order chi connectivity index (χ0) is 12.3. The summed E-state index contributed by atoms with van der Waals surface area (Å²) in [5.74, 6) is -0.0232. The third kappa shape index (κ3) is 4.97. The molecule has 15 heavy (non-hydrogen) atoms. The molecule has 0 N–H and O–H groups in total. The van der Waals surface area contributed by atoms with Crippen molar-refractivity contribution in [1.82, 2.24) is 0 Å². The maximum absolute atomic E-state index is 10.5. The zero-order valence-corrected chi connectivity index (χ0v) is 11.7. The van der Waals surface area contributed by atoms with Crippen molar-refractivity contribution in [3.8, 4) is 0 Å². The van der Waals surface area contributed by atoms with Crippen LogP contribution < -0.4 is 0 Å². The molecule has 0 aliphatic rings. The Morgan fingerprint density at radius 1 is 1.20 bits per heavy atom. The van der Waals surface area contributed by atoms with Crippen LogP contribution in [0, 0.1) is 0 Å². The van der Waals surface area contributed by atoms with Crippen LogP contribution in [0.4, 0.5) is 0 Å².